The SMILES string of the molecule is CC(=O)c1ccc(N2C[C@H]3OC(=O)N(CCCN4CCOCC4)[C@H]3C2)nc1. The lowest BCUT2D eigenvalue weighted by atomic mass is 10.2. The third kappa shape index (κ3) is 3.91. The van der Waals surface area contributed by atoms with Gasteiger partial charge in [0, 0.05) is 44.5 Å². The van der Waals surface area contributed by atoms with Crippen LogP contribution in [0.5, 0.6) is 0 Å². The molecule has 3 aliphatic rings. The molecule has 27 heavy (non-hydrogen) atoms. The minimum absolute atomic E-state index is 0.00714. The van der Waals surface area contributed by atoms with Crippen LogP contribution in [0.25, 0.3) is 0 Å². The van der Waals surface area contributed by atoms with Gasteiger partial charge in [-0.3, -0.25) is 14.6 Å². The first-order valence-corrected chi connectivity index (χ1v) is 9.61. The number of pyridine rings is 1. The van der Waals surface area contributed by atoms with E-state index in [1.54, 1.807) is 12.3 Å². The normalized spacial score (nSPS) is 25.6. The Labute approximate surface area is 159 Å². The maximum absolute atomic E-state index is 12.2. The number of rotatable bonds is 6. The van der Waals surface area contributed by atoms with Gasteiger partial charge in [-0.15, -0.1) is 0 Å². The molecule has 3 fully saturated rings. The molecule has 8 nitrogen and oxygen atoms in total. The number of nitrogens with zero attached hydrogens (tertiary/aromatic N) is 4. The molecule has 4 rings (SSSR count). The largest absolute Gasteiger partial charge is 0.442 e. The zero-order chi connectivity index (χ0) is 18.8. The highest BCUT2D eigenvalue weighted by Crippen LogP contribution is 2.29. The Morgan fingerprint density at radius 2 is 2.04 bits per heavy atom. The average molecular weight is 374 g/mol. The number of amides is 1. The summed E-state index contributed by atoms with van der Waals surface area (Å²) in [5.74, 6) is 0.825. The van der Waals surface area contributed by atoms with Gasteiger partial charge in [-0.05, 0) is 25.5 Å². The van der Waals surface area contributed by atoms with Crippen LogP contribution in [0, 0.1) is 0 Å². The Hall–Kier alpha value is -2.19. The predicted molar refractivity (Wildman–Crippen MR) is 99.1 cm³/mol. The lowest BCUT2D eigenvalue weighted by Gasteiger charge is -2.28. The molecule has 0 unspecified atom stereocenters. The first kappa shape index (κ1) is 18.2. The minimum atomic E-state index is -0.202. The van der Waals surface area contributed by atoms with Crippen molar-refractivity contribution in [2.45, 2.75) is 25.5 Å². The molecule has 2 atom stereocenters. The van der Waals surface area contributed by atoms with E-state index in [-0.39, 0.29) is 24.0 Å². The van der Waals surface area contributed by atoms with Crippen LogP contribution in [0.1, 0.15) is 23.7 Å². The smallest absolute Gasteiger partial charge is 0.410 e. The molecular formula is C19H26N4O4. The number of fused-ring (bicyclic) bond motifs is 1. The molecular weight excluding hydrogens is 348 g/mol. The Bertz CT molecular complexity index is 689. The van der Waals surface area contributed by atoms with Crippen LogP contribution < -0.4 is 4.90 Å². The summed E-state index contributed by atoms with van der Waals surface area (Å²) in [6, 6.07) is 3.73. The second-order valence-corrected chi connectivity index (χ2v) is 7.36. The lowest BCUT2D eigenvalue weighted by molar-refractivity contribution is 0.0363. The van der Waals surface area contributed by atoms with Gasteiger partial charge in [-0.1, -0.05) is 0 Å². The van der Waals surface area contributed by atoms with Gasteiger partial charge in [-0.25, -0.2) is 9.78 Å². The van der Waals surface area contributed by atoms with Crippen molar-refractivity contribution < 1.29 is 19.1 Å². The fraction of sp³-hybridized carbons (Fsp3) is 0.632. The molecule has 0 saturated carbocycles. The lowest BCUT2D eigenvalue weighted by Crippen LogP contribution is -2.41. The second kappa shape index (κ2) is 7.82. The van der Waals surface area contributed by atoms with E-state index in [1.165, 1.54) is 6.92 Å². The summed E-state index contributed by atoms with van der Waals surface area (Å²) in [6.07, 6.45) is 2.23. The van der Waals surface area contributed by atoms with E-state index >= 15 is 0 Å². The highest BCUT2D eigenvalue weighted by molar-refractivity contribution is 5.93. The van der Waals surface area contributed by atoms with Crippen LogP contribution in [0.3, 0.4) is 0 Å². The maximum atomic E-state index is 12.2. The Balaban J connectivity index is 1.33. The summed E-state index contributed by atoms with van der Waals surface area (Å²) in [7, 11) is 0. The van der Waals surface area contributed by atoms with Crippen molar-refractivity contribution in [1.29, 1.82) is 0 Å². The van der Waals surface area contributed by atoms with Crippen molar-refractivity contribution in [2.75, 3.05) is 57.4 Å². The van der Waals surface area contributed by atoms with E-state index in [4.69, 9.17) is 9.47 Å². The van der Waals surface area contributed by atoms with Crippen LogP contribution in [-0.2, 0) is 9.47 Å². The van der Waals surface area contributed by atoms with Gasteiger partial charge >= 0.3 is 6.09 Å². The van der Waals surface area contributed by atoms with Gasteiger partial charge in [0.25, 0.3) is 0 Å². The van der Waals surface area contributed by atoms with Crippen molar-refractivity contribution in [1.82, 2.24) is 14.8 Å². The number of ether oxygens (including phenoxy) is 2. The number of Topliss-reactive ketones (excluding diaryl/α,β-unsaturated/α-hetero) is 1. The van der Waals surface area contributed by atoms with E-state index < -0.39 is 0 Å². The van der Waals surface area contributed by atoms with Crippen LogP contribution in [-0.4, -0.2) is 91.3 Å². The zero-order valence-corrected chi connectivity index (χ0v) is 15.7. The van der Waals surface area contributed by atoms with E-state index in [0.717, 1.165) is 45.1 Å². The summed E-state index contributed by atoms with van der Waals surface area (Å²) in [4.78, 5) is 34.4. The van der Waals surface area contributed by atoms with Crippen molar-refractivity contribution in [3.05, 3.63) is 23.9 Å². The van der Waals surface area contributed by atoms with Crippen LogP contribution >= 0.6 is 0 Å². The summed E-state index contributed by atoms with van der Waals surface area (Å²) >= 11 is 0. The Kier molecular flexibility index (Phi) is 5.27. The molecule has 0 aliphatic carbocycles. The molecule has 3 saturated heterocycles. The van der Waals surface area contributed by atoms with Crippen molar-refractivity contribution >= 4 is 17.7 Å². The number of carbonyl (C=O) groups is 2. The minimum Gasteiger partial charge on any atom is -0.442 e. The highest BCUT2D eigenvalue weighted by Gasteiger charge is 2.47. The number of hydrogen-bond donors (Lipinski definition) is 0. The van der Waals surface area contributed by atoms with Crippen molar-refractivity contribution in [2.24, 2.45) is 0 Å². The molecule has 0 spiro atoms. The molecule has 146 valence electrons. The summed E-state index contributed by atoms with van der Waals surface area (Å²) in [5, 5.41) is 0. The molecule has 0 aromatic carbocycles. The number of carbonyl (C=O) groups excluding carboxylic acids is 2. The number of ketones is 1. The fourth-order valence-corrected chi connectivity index (χ4v) is 4.02. The van der Waals surface area contributed by atoms with Crippen molar-refractivity contribution in [3.63, 3.8) is 0 Å². The molecule has 1 amide bonds. The summed E-state index contributed by atoms with van der Waals surface area (Å²) < 4.78 is 11.0. The standard InChI is InChI=1S/C19H26N4O4/c1-14(24)15-3-4-18(20-11-15)22-12-16-17(13-22)27-19(25)23(16)6-2-5-21-7-9-26-10-8-21/h3-4,11,16-17H,2,5-10,12-13H2,1H3/t16-,17+/m0/s1. The van der Waals surface area contributed by atoms with Gasteiger partial charge in [0.2, 0.25) is 0 Å². The van der Waals surface area contributed by atoms with Crippen LogP contribution in [0.4, 0.5) is 10.6 Å². The number of aromatic nitrogens is 1. The zero-order valence-electron chi connectivity index (χ0n) is 15.7. The Morgan fingerprint density at radius 1 is 1.22 bits per heavy atom. The van der Waals surface area contributed by atoms with E-state index in [9.17, 15) is 9.59 Å². The first-order chi connectivity index (χ1) is 13.1. The fourth-order valence-electron chi connectivity index (χ4n) is 4.02. The van der Waals surface area contributed by atoms with E-state index in [0.29, 0.717) is 25.2 Å². The highest BCUT2D eigenvalue weighted by atomic mass is 16.6. The third-order valence-electron chi connectivity index (χ3n) is 5.58. The number of anilines is 1. The van der Waals surface area contributed by atoms with E-state index in [1.807, 2.05) is 11.0 Å². The number of morpholine rings is 1. The molecule has 3 aliphatic heterocycles. The summed E-state index contributed by atoms with van der Waals surface area (Å²) in [6.45, 7) is 8.08. The molecule has 0 bridgehead atoms. The predicted octanol–water partition coefficient (Wildman–Crippen LogP) is 1.02. The van der Waals surface area contributed by atoms with Gasteiger partial charge in [0.15, 0.2) is 5.78 Å². The molecule has 0 radical (unpaired) electrons. The first-order valence-electron chi connectivity index (χ1n) is 9.61. The third-order valence-corrected chi connectivity index (χ3v) is 5.58. The molecule has 4 heterocycles. The molecule has 8 heteroatoms. The average Bonchev–Trinajstić information content (AvgIpc) is 3.21. The van der Waals surface area contributed by atoms with Gasteiger partial charge < -0.3 is 14.4 Å². The van der Waals surface area contributed by atoms with Crippen molar-refractivity contribution in [3.8, 4) is 0 Å². The maximum Gasteiger partial charge on any atom is 0.410 e. The molecule has 1 aromatic heterocycles. The van der Waals surface area contributed by atoms with Crippen LogP contribution in [0.2, 0.25) is 0 Å². The monoisotopic (exact) mass is 374 g/mol. The Morgan fingerprint density at radius 3 is 2.74 bits per heavy atom. The quantitative estimate of drug-likeness (QED) is 0.688. The topological polar surface area (TPSA) is 75.2 Å². The number of hydrogen-bond acceptors (Lipinski definition) is 7. The van der Waals surface area contributed by atoms with Gasteiger partial charge in [-0.2, -0.15) is 0 Å². The second-order valence-electron chi connectivity index (χ2n) is 7.36. The summed E-state index contributed by atoms with van der Waals surface area (Å²) in [5.41, 5.74) is 0.606. The van der Waals surface area contributed by atoms with Gasteiger partial charge in [0.05, 0.1) is 25.8 Å². The van der Waals surface area contributed by atoms with E-state index in [2.05, 4.69) is 14.8 Å². The molecule has 0 N–H and O–H groups in total. The van der Waals surface area contributed by atoms with Crippen LogP contribution in [0.15, 0.2) is 18.3 Å². The van der Waals surface area contributed by atoms with Gasteiger partial charge in [0.1, 0.15) is 11.9 Å². The molecule has 1 aromatic rings.